The van der Waals surface area contributed by atoms with Crippen LogP contribution >= 0.6 is 27.5 Å². The van der Waals surface area contributed by atoms with E-state index in [0.717, 1.165) is 11.8 Å². The van der Waals surface area contributed by atoms with Gasteiger partial charge in [-0.1, -0.05) is 27.5 Å². The first-order chi connectivity index (χ1) is 9.22. The molecule has 0 atom stereocenters. The molecule has 1 aromatic carbocycles. The van der Waals surface area contributed by atoms with E-state index >= 15 is 0 Å². The molecule has 0 aromatic heterocycles. The number of rotatable bonds is 9. The average Bonchev–Trinajstić information content (AvgIpc) is 2.42. The molecule has 1 amide bonds. The lowest BCUT2D eigenvalue weighted by molar-refractivity contribution is -0.123. The molecule has 6 heteroatoms. The first-order valence-corrected chi connectivity index (χ1v) is 7.51. The van der Waals surface area contributed by atoms with Gasteiger partial charge in [0.2, 0.25) is 0 Å². The highest BCUT2D eigenvalue weighted by Crippen LogP contribution is 2.15. The molecule has 0 bridgehead atoms. The van der Waals surface area contributed by atoms with E-state index in [0.29, 0.717) is 30.5 Å². The van der Waals surface area contributed by atoms with Crippen molar-refractivity contribution in [1.82, 2.24) is 5.32 Å². The van der Waals surface area contributed by atoms with Gasteiger partial charge in [0.15, 0.2) is 6.61 Å². The Morgan fingerprint density at radius 1 is 1.26 bits per heavy atom. The van der Waals surface area contributed by atoms with Crippen molar-refractivity contribution < 1.29 is 14.3 Å². The highest BCUT2D eigenvalue weighted by atomic mass is 79.9. The van der Waals surface area contributed by atoms with Crippen LogP contribution in [0.15, 0.2) is 24.3 Å². The fourth-order valence-corrected chi connectivity index (χ4v) is 1.64. The molecule has 0 aliphatic carbocycles. The summed E-state index contributed by atoms with van der Waals surface area (Å²) in [5, 5.41) is 4.23. The lowest BCUT2D eigenvalue weighted by atomic mass is 10.3. The van der Waals surface area contributed by atoms with Gasteiger partial charge < -0.3 is 14.8 Å². The summed E-state index contributed by atoms with van der Waals surface area (Å²) in [5.41, 5.74) is 0. The second-order valence-corrected chi connectivity index (χ2v) is 4.98. The maximum Gasteiger partial charge on any atom is 0.257 e. The summed E-state index contributed by atoms with van der Waals surface area (Å²) in [5.74, 6) is 0.482. The minimum atomic E-state index is -0.143. The highest BCUT2D eigenvalue weighted by molar-refractivity contribution is 9.09. The number of carbonyl (C=O) groups excluding carboxylic acids is 1. The van der Waals surface area contributed by atoms with Gasteiger partial charge in [-0.3, -0.25) is 4.79 Å². The quantitative estimate of drug-likeness (QED) is 0.550. The Morgan fingerprint density at radius 3 is 2.68 bits per heavy atom. The zero-order chi connectivity index (χ0) is 13.9. The molecule has 1 aromatic rings. The zero-order valence-electron chi connectivity index (χ0n) is 10.5. The van der Waals surface area contributed by atoms with E-state index in [4.69, 9.17) is 21.1 Å². The number of ether oxygens (including phenoxy) is 2. The van der Waals surface area contributed by atoms with Crippen LogP contribution in [0.5, 0.6) is 5.75 Å². The Kier molecular flexibility index (Phi) is 8.62. The smallest absolute Gasteiger partial charge is 0.257 e. The minimum Gasteiger partial charge on any atom is -0.484 e. The van der Waals surface area contributed by atoms with E-state index in [1.807, 2.05) is 0 Å². The van der Waals surface area contributed by atoms with Crippen LogP contribution in [0, 0.1) is 0 Å². The van der Waals surface area contributed by atoms with Crippen LogP contribution in [0.2, 0.25) is 5.02 Å². The number of nitrogens with one attached hydrogen (secondary N) is 1. The molecule has 0 fully saturated rings. The first-order valence-electron chi connectivity index (χ1n) is 6.01. The van der Waals surface area contributed by atoms with Crippen molar-refractivity contribution in [2.24, 2.45) is 0 Å². The number of hydrogen-bond acceptors (Lipinski definition) is 3. The second kappa shape index (κ2) is 10.1. The van der Waals surface area contributed by atoms with Crippen LogP contribution in [-0.2, 0) is 9.53 Å². The van der Waals surface area contributed by atoms with Crippen molar-refractivity contribution in [3.8, 4) is 5.75 Å². The summed E-state index contributed by atoms with van der Waals surface area (Å²) in [7, 11) is 0. The summed E-state index contributed by atoms with van der Waals surface area (Å²) in [6, 6.07) is 6.89. The number of amides is 1. The number of carbonyl (C=O) groups is 1. The summed E-state index contributed by atoms with van der Waals surface area (Å²) in [6.45, 7) is 1.92. The molecular formula is C13H17BrClNO3. The van der Waals surface area contributed by atoms with Crippen LogP contribution in [-0.4, -0.2) is 37.6 Å². The fourth-order valence-electron chi connectivity index (χ4n) is 1.29. The monoisotopic (exact) mass is 349 g/mol. The third kappa shape index (κ3) is 8.08. The molecule has 0 aliphatic rings. The third-order valence-corrected chi connectivity index (χ3v) is 2.77. The molecule has 1 N–H and O–H groups in total. The standard InChI is InChI=1S/C13H17BrClNO3/c14-6-9-18-8-1-7-16-13(17)10-19-12-4-2-11(15)3-5-12/h2-5H,1,6-10H2,(H,16,17). The number of hydrogen-bond donors (Lipinski definition) is 1. The normalized spacial score (nSPS) is 10.2. The predicted octanol–water partition coefficient (Wildman–Crippen LogP) is 2.64. The molecule has 106 valence electrons. The molecular weight excluding hydrogens is 334 g/mol. The van der Waals surface area contributed by atoms with E-state index in [2.05, 4.69) is 21.2 Å². The average molecular weight is 351 g/mol. The molecule has 0 heterocycles. The zero-order valence-corrected chi connectivity index (χ0v) is 12.9. The minimum absolute atomic E-state index is 0.00386. The lowest BCUT2D eigenvalue weighted by Gasteiger charge is -2.07. The predicted molar refractivity (Wildman–Crippen MR) is 79.2 cm³/mol. The summed E-state index contributed by atoms with van der Waals surface area (Å²) < 4.78 is 10.6. The Labute approximate surface area is 126 Å². The van der Waals surface area contributed by atoms with E-state index in [9.17, 15) is 4.79 Å². The van der Waals surface area contributed by atoms with Gasteiger partial charge >= 0.3 is 0 Å². The number of benzene rings is 1. The van der Waals surface area contributed by atoms with Crippen molar-refractivity contribution in [2.75, 3.05) is 31.7 Å². The van der Waals surface area contributed by atoms with Crippen LogP contribution in [0.4, 0.5) is 0 Å². The summed E-state index contributed by atoms with van der Waals surface area (Å²) >= 11 is 9.01. The topological polar surface area (TPSA) is 47.6 Å². The maximum atomic E-state index is 11.5. The molecule has 1 rings (SSSR count). The second-order valence-electron chi connectivity index (χ2n) is 3.75. The van der Waals surface area contributed by atoms with Crippen molar-refractivity contribution in [2.45, 2.75) is 6.42 Å². The molecule has 0 radical (unpaired) electrons. The van der Waals surface area contributed by atoms with E-state index in [1.165, 1.54) is 0 Å². The van der Waals surface area contributed by atoms with Crippen molar-refractivity contribution in [1.29, 1.82) is 0 Å². The molecule has 0 saturated heterocycles. The molecule has 0 spiro atoms. The summed E-state index contributed by atoms with van der Waals surface area (Å²) in [6.07, 6.45) is 0.791. The maximum absolute atomic E-state index is 11.5. The third-order valence-electron chi connectivity index (χ3n) is 2.19. The number of alkyl halides is 1. The Hall–Kier alpha value is -0.780. The molecule has 4 nitrogen and oxygen atoms in total. The van der Waals surface area contributed by atoms with Gasteiger partial charge in [0.05, 0.1) is 6.61 Å². The Balaban J connectivity index is 2.06. The van der Waals surface area contributed by atoms with Crippen molar-refractivity contribution >= 4 is 33.4 Å². The van der Waals surface area contributed by atoms with Crippen LogP contribution in [0.1, 0.15) is 6.42 Å². The Bertz CT molecular complexity index is 373. The lowest BCUT2D eigenvalue weighted by Crippen LogP contribution is -2.30. The molecule has 0 saturated carbocycles. The van der Waals surface area contributed by atoms with E-state index in [-0.39, 0.29) is 12.5 Å². The largest absolute Gasteiger partial charge is 0.484 e. The highest BCUT2D eigenvalue weighted by Gasteiger charge is 2.02. The molecule has 0 aliphatic heterocycles. The number of halogens is 2. The molecule has 19 heavy (non-hydrogen) atoms. The van der Waals surface area contributed by atoms with Gasteiger partial charge in [-0.15, -0.1) is 0 Å². The van der Waals surface area contributed by atoms with Crippen LogP contribution in [0.3, 0.4) is 0 Å². The van der Waals surface area contributed by atoms with Gasteiger partial charge in [-0.05, 0) is 30.7 Å². The van der Waals surface area contributed by atoms with E-state index in [1.54, 1.807) is 24.3 Å². The van der Waals surface area contributed by atoms with Gasteiger partial charge in [0, 0.05) is 23.5 Å². The van der Waals surface area contributed by atoms with Gasteiger partial charge in [0.1, 0.15) is 5.75 Å². The van der Waals surface area contributed by atoms with Gasteiger partial charge in [-0.2, -0.15) is 0 Å². The molecule has 0 unspecified atom stereocenters. The van der Waals surface area contributed by atoms with E-state index < -0.39 is 0 Å². The Morgan fingerprint density at radius 2 is 2.00 bits per heavy atom. The van der Waals surface area contributed by atoms with Gasteiger partial charge in [0.25, 0.3) is 5.91 Å². The van der Waals surface area contributed by atoms with Crippen molar-refractivity contribution in [3.05, 3.63) is 29.3 Å². The van der Waals surface area contributed by atoms with Crippen LogP contribution < -0.4 is 10.1 Å². The van der Waals surface area contributed by atoms with Crippen molar-refractivity contribution in [3.63, 3.8) is 0 Å². The summed E-state index contributed by atoms with van der Waals surface area (Å²) in [4.78, 5) is 11.5. The first kappa shape index (κ1) is 16.3. The SMILES string of the molecule is O=C(COc1ccc(Cl)cc1)NCCCOCCBr. The van der Waals surface area contributed by atoms with Crippen LogP contribution in [0.25, 0.3) is 0 Å². The van der Waals surface area contributed by atoms with Gasteiger partial charge in [-0.25, -0.2) is 0 Å². The fraction of sp³-hybridized carbons (Fsp3) is 0.462.